The van der Waals surface area contributed by atoms with E-state index in [4.69, 9.17) is 9.47 Å². The van der Waals surface area contributed by atoms with Crippen molar-refractivity contribution in [2.24, 2.45) is 0 Å². The van der Waals surface area contributed by atoms with Gasteiger partial charge < -0.3 is 0 Å². The van der Waals surface area contributed by atoms with Crippen molar-refractivity contribution in [3.63, 3.8) is 0 Å². The summed E-state index contributed by atoms with van der Waals surface area (Å²) in [6.45, 7) is 5.19. The molecule has 0 spiro atoms. The second-order valence-corrected chi connectivity index (χ2v) is 8.00. The molecule has 1 aliphatic carbocycles. The number of unbranched alkanes of at least 4 members (excludes halogenated alkanes) is 2. The Hall–Kier alpha value is -0.167. The van der Waals surface area contributed by atoms with Crippen LogP contribution in [0.15, 0.2) is 22.1 Å². The maximum absolute atomic E-state index is 13.0. The topological polar surface area (TPSA) is 38.7 Å². The molecule has 0 unspecified atom stereocenters. The van der Waals surface area contributed by atoms with Crippen LogP contribution < -0.4 is 0 Å². The van der Waals surface area contributed by atoms with Gasteiger partial charge in [-0.1, -0.05) is 0 Å². The van der Waals surface area contributed by atoms with Gasteiger partial charge in [0, 0.05) is 0 Å². The molecule has 0 amide bonds. The number of ether oxygens (including phenoxy) is 2. The summed E-state index contributed by atoms with van der Waals surface area (Å²) in [5.41, 5.74) is 1.21. The molecule has 0 aliphatic heterocycles. The van der Waals surface area contributed by atoms with Crippen molar-refractivity contribution in [3.8, 4) is 0 Å². The van der Waals surface area contributed by atoms with E-state index in [1.54, 1.807) is 0 Å². The van der Waals surface area contributed by atoms with Gasteiger partial charge in [-0.05, 0) is 0 Å². The third kappa shape index (κ3) is 7.40. The molecule has 1 aliphatic rings. The molecule has 0 aromatic carbocycles. The van der Waals surface area contributed by atoms with Gasteiger partial charge in [0.05, 0.1) is 0 Å². The molecule has 0 fully saturated rings. The van der Waals surface area contributed by atoms with Gasteiger partial charge in [0.25, 0.3) is 0 Å². The zero-order valence-electron chi connectivity index (χ0n) is 14.1. The van der Waals surface area contributed by atoms with E-state index in [0.717, 1.165) is 49.4 Å². The molecule has 0 aromatic rings. The fourth-order valence-electron chi connectivity index (χ4n) is 2.46. The van der Waals surface area contributed by atoms with Crippen LogP contribution in [-0.2, 0) is 9.47 Å². The zero-order chi connectivity index (χ0) is 16.3. The molecule has 1 rings (SSSR count). The van der Waals surface area contributed by atoms with Gasteiger partial charge in [-0.25, -0.2) is 0 Å². The van der Waals surface area contributed by atoms with Crippen LogP contribution in [-0.4, -0.2) is 40.2 Å². The number of rotatable bonds is 13. The first kappa shape index (κ1) is 19.9. The van der Waals surface area contributed by atoms with Crippen molar-refractivity contribution in [1.82, 2.24) is 0 Å². The molecular weight excluding hydrogens is 344 g/mol. The molecule has 0 radical (unpaired) electrons. The molecular formula is C17H31FGeO3. The van der Waals surface area contributed by atoms with Crippen LogP contribution in [0.3, 0.4) is 0 Å². The van der Waals surface area contributed by atoms with E-state index < -0.39 is 21.9 Å². The minimum absolute atomic E-state index is 0.441. The Bertz CT molecular complexity index is 359. The summed E-state index contributed by atoms with van der Waals surface area (Å²) in [7, 11) is 0. The molecule has 0 saturated carbocycles. The second-order valence-electron chi connectivity index (χ2n) is 5.84. The predicted molar refractivity (Wildman–Crippen MR) is 91.0 cm³/mol. The van der Waals surface area contributed by atoms with Crippen molar-refractivity contribution in [2.75, 3.05) is 13.2 Å². The van der Waals surface area contributed by atoms with Crippen LogP contribution in [0.4, 0.5) is 3.50 Å². The standard InChI is InChI=1S/C17H31FGeO3/c1-3-5-13-21-17(20,22-14-6-4-2)12-8-10-15-9-7-11-16(15)19-18/h7,11,20H,3-6,8-10,12-14,19H2,1-2H3. The van der Waals surface area contributed by atoms with Crippen LogP contribution in [0.2, 0.25) is 0 Å². The first-order valence-corrected chi connectivity index (χ1v) is 11.2. The Morgan fingerprint density at radius 1 is 1.18 bits per heavy atom. The number of aliphatic hydroxyl groups is 1. The van der Waals surface area contributed by atoms with Crippen LogP contribution in [0.5, 0.6) is 0 Å². The Morgan fingerprint density at radius 2 is 1.82 bits per heavy atom. The predicted octanol–water partition coefficient (Wildman–Crippen LogP) is 3.70. The maximum atomic E-state index is 13.0. The van der Waals surface area contributed by atoms with E-state index in [2.05, 4.69) is 13.8 Å². The van der Waals surface area contributed by atoms with E-state index in [0.29, 0.717) is 19.6 Å². The summed E-state index contributed by atoms with van der Waals surface area (Å²) in [5, 5.41) is 10.5. The van der Waals surface area contributed by atoms with E-state index in [9.17, 15) is 8.61 Å². The van der Waals surface area contributed by atoms with Crippen LogP contribution >= 0.6 is 0 Å². The molecule has 5 heteroatoms. The summed E-state index contributed by atoms with van der Waals surface area (Å²) >= 11 is -2.00. The minimum atomic E-state index is -2.00. The molecule has 128 valence electrons. The molecule has 0 aromatic heterocycles. The number of halogens is 1. The van der Waals surface area contributed by atoms with E-state index in [1.807, 2.05) is 12.2 Å². The first-order chi connectivity index (χ1) is 10.6. The van der Waals surface area contributed by atoms with Gasteiger partial charge in [-0.15, -0.1) is 0 Å². The Labute approximate surface area is 140 Å². The summed E-state index contributed by atoms with van der Waals surface area (Å²) < 4.78 is 25.1. The molecule has 3 nitrogen and oxygen atoms in total. The normalized spacial score (nSPS) is 15.6. The van der Waals surface area contributed by atoms with Crippen molar-refractivity contribution >= 4 is 15.9 Å². The first-order valence-electron chi connectivity index (χ1n) is 8.59. The van der Waals surface area contributed by atoms with Crippen molar-refractivity contribution < 1.29 is 18.1 Å². The molecule has 22 heavy (non-hydrogen) atoms. The zero-order valence-corrected chi connectivity index (χ0v) is 17.0. The number of allylic oxidation sites excluding steroid dienone is 4. The summed E-state index contributed by atoms with van der Waals surface area (Å²) in [6.07, 6.45) is 10.8. The molecule has 1 N–H and O–H groups in total. The van der Waals surface area contributed by atoms with Gasteiger partial charge in [0.15, 0.2) is 0 Å². The Kier molecular flexibility index (Phi) is 10.3. The number of hydrogen-bond donors (Lipinski definition) is 1. The third-order valence-electron chi connectivity index (χ3n) is 3.90. The van der Waals surface area contributed by atoms with Gasteiger partial charge >= 0.3 is 141 Å². The van der Waals surface area contributed by atoms with Gasteiger partial charge in [-0.3, -0.25) is 0 Å². The second kappa shape index (κ2) is 11.4. The van der Waals surface area contributed by atoms with Crippen molar-refractivity contribution in [2.45, 2.75) is 71.2 Å². The summed E-state index contributed by atoms with van der Waals surface area (Å²) in [4.78, 5) is 0. The third-order valence-corrected chi connectivity index (χ3v) is 6.05. The molecule has 0 atom stereocenters. The molecule has 0 saturated heterocycles. The van der Waals surface area contributed by atoms with Crippen molar-refractivity contribution in [3.05, 3.63) is 22.1 Å². The number of hydrogen-bond acceptors (Lipinski definition) is 3. The quantitative estimate of drug-likeness (QED) is 0.303. The van der Waals surface area contributed by atoms with E-state index in [-0.39, 0.29) is 0 Å². The van der Waals surface area contributed by atoms with Gasteiger partial charge in [-0.2, -0.15) is 0 Å². The summed E-state index contributed by atoms with van der Waals surface area (Å²) in [5.74, 6) is -1.48. The average molecular weight is 375 g/mol. The fraction of sp³-hybridized carbons (Fsp3) is 0.765. The Balaban J connectivity index is 2.42. The van der Waals surface area contributed by atoms with Crippen LogP contribution in [0.25, 0.3) is 0 Å². The van der Waals surface area contributed by atoms with Crippen molar-refractivity contribution in [1.29, 1.82) is 0 Å². The van der Waals surface area contributed by atoms with Gasteiger partial charge in [0.2, 0.25) is 0 Å². The SMILES string of the molecule is CCCCOC(O)(CCCC1=[C]([GeH2][F])C=CC1)OCCCC. The molecule has 0 bridgehead atoms. The monoisotopic (exact) mass is 376 g/mol. The Morgan fingerprint density at radius 3 is 2.36 bits per heavy atom. The van der Waals surface area contributed by atoms with Crippen LogP contribution in [0.1, 0.15) is 65.2 Å². The molecule has 0 heterocycles. The van der Waals surface area contributed by atoms with Crippen LogP contribution in [0, 0.1) is 0 Å². The van der Waals surface area contributed by atoms with Gasteiger partial charge in [0.1, 0.15) is 0 Å². The van der Waals surface area contributed by atoms with E-state index >= 15 is 0 Å². The average Bonchev–Trinajstić information content (AvgIpc) is 2.95. The van der Waals surface area contributed by atoms with E-state index in [1.165, 1.54) is 5.57 Å². The summed E-state index contributed by atoms with van der Waals surface area (Å²) in [6, 6.07) is 0. The fourth-order valence-corrected chi connectivity index (χ4v) is 4.06.